The Bertz CT molecular complexity index is 893. The van der Waals surface area contributed by atoms with Gasteiger partial charge in [0.05, 0.1) is 17.0 Å². The standard InChI is InChI=1S/C25H24O6/c1-18-10-8-9-15-22(18)25(28)31-21(16-29-23(26)19-11-4-2-5-12-19)17-30-24(27)20-13-6-3-7-14-20/h2-15,18,21-22H,16-17H2,1H3. The Hall–Kier alpha value is -3.67. The second-order valence-electron chi connectivity index (χ2n) is 7.14. The zero-order valence-electron chi connectivity index (χ0n) is 17.2. The first-order chi connectivity index (χ1) is 15.0. The molecule has 0 spiro atoms. The Labute approximate surface area is 181 Å². The second kappa shape index (κ2) is 10.9. The van der Waals surface area contributed by atoms with Crippen LogP contribution in [0.2, 0.25) is 0 Å². The molecular formula is C25H24O6. The van der Waals surface area contributed by atoms with Gasteiger partial charge < -0.3 is 14.2 Å². The molecule has 0 fully saturated rings. The summed E-state index contributed by atoms with van der Waals surface area (Å²) in [5, 5.41) is 0. The minimum atomic E-state index is -0.931. The molecule has 0 saturated carbocycles. The van der Waals surface area contributed by atoms with Crippen LogP contribution in [0.25, 0.3) is 0 Å². The van der Waals surface area contributed by atoms with Gasteiger partial charge in [-0.25, -0.2) is 9.59 Å². The van der Waals surface area contributed by atoms with E-state index in [4.69, 9.17) is 14.2 Å². The SMILES string of the molecule is CC1C=CC=CC1C(=O)OC(COC(=O)c1ccccc1)COC(=O)c1ccccc1. The number of hydrogen-bond donors (Lipinski definition) is 0. The van der Waals surface area contributed by atoms with E-state index in [0.29, 0.717) is 11.1 Å². The molecule has 31 heavy (non-hydrogen) atoms. The summed E-state index contributed by atoms with van der Waals surface area (Å²) in [6.45, 7) is 1.44. The molecule has 2 atom stereocenters. The van der Waals surface area contributed by atoms with Crippen LogP contribution in [-0.4, -0.2) is 37.2 Å². The van der Waals surface area contributed by atoms with Gasteiger partial charge in [0, 0.05) is 0 Å². The highest BCUT2D eigenvalue weighted by Crippen LogP contribution is 2.21. The molecule has 0 amide bonds. The smallest absolute Gasteiger partial charge is 0.338 e. The minimum Gasteiger partial charge on any atom is -0.458 e. The number of ether oxygens (including phenoxy) is 3. The normalized spacial score (nSPS) is 17.2. The summed E-state index contributed by atoms with van der Waals surface area (Å²) in [7, 11) is 0. The Morgan fingerprint density at radius 3 is 1.74 bits per heavy atom. The van der Waals surface area contributed by atoms with E-state index in [-0.39, 0.29) is 19.1 Å². The molecule has 0 bridgehead atoms. The van der Waals surface area contributed by atoms with Gasteiger partial charge >= 0.3 is 17.9 Å². The highest BCUT2D eigenvalue weighted by atomic mass is 16.6. The molecule has 0 radical (unpaired) electrons. The maximum absolute atomic E-state index is 12.7. The van der Waals surface area contributed by atoms with Crippen LogP contribution in [-0.2, 0) is 19.0 Å². The fourth-order valence-electron chi connectivity index (χ4n) is 3.02. The van der Waals surface area contributed by atoms with Crippen molar-refractivity contribution in [3.05, 3.63) is 96.1 Å². The van der Waals surface area contributed by atoms with Crippen LogP contribution in [0.4, 0.5) is 0 Å². The lowest BCUT2D eigenvalue weighted by Crippen LogP contribution is -2.34. The van der Waals surface area contributed by atoms with Crippen LogP contribution in [0, 0.1) is 11.8 Å². The highest BCUT2D eigenvalue weighted by Gasteiger charge is 2.28. The zero-order valence-corrected chi connectivity index (χ0v) is 17.2. The van der Waals surface area contributed by atoms with Gasteiger partial charge in [-0.15, -0.1) is 0 Å². The third-order valence-electron chi connectivity index (χ3n) is 4.79. The van der Waals surface area contributed by atoms with Crippen molar-refractivity contribution in [1.29, 1.82) is 0 Å². The zero-order chi connectivity index (χ0) is 22.1. The lowest BCUT2D eigenvalue weighted by molar-refractivity contribution is -0.158. The molecule has 0 saturated heterocycles. The summed E-state index contributed by atoms with van der Waals surface area (Å²) in [6, 6.07) is 17.0. The van der Waals surface area contributed by atoms with Crippen molar-refractivity contribution < 1.29 is 28.6 Å². The fourth-order valence-corrected chi connectivity index (χ4v) is 3.02. The van der Waals surface area contributed by atoms with Crippen LogP contribution >= 0.6 is 0 Å². The molecule has 160 valence electrons. The van der Waals surface area contributed by atoms with Gasteiger partial charge in [0.15, 0.2) is 6.10 Å². The molecule has 3 rings (SSSR count). The molecule has 2 aromatic carbocycles. The number of rotatable bonds is 8. The lowest BCUT2D eigenvalue weighted by Gasteiger charge is -2.23. The lowest BCUT2D eigenvalue weighted by atomic mass is 9.90. The summed E-state index contributed by atoms with van der Waals surface area (Å²) >= 11 is 0. The quantitative estimate of drug-likeness (QED) is 0.475. The molecule has 6 heteroatoms. The first kappa shape index (κ1) is 22.0. The molecule has 0 N–H and O–H groups in total. The number of esters is 3. The van der Waals surface area contributed by atoms with E-state index in [2.05, 4.69) is 0 Å². The molecule has 0 aliphatic heterocycles. The van der Waals surface area contributed by atoms with E-state index >= 15 is 0 Å². The van der Waals surface area contributed by atoms with Gasteiger partial charge in [-0.2, -0.15) is 0 Å². The molecule has 2 unspecified atom stereocenters. The molecular weight excluding hydrogens is 396 g/mol. The van der Waals surface area contributed by atoms with Gasteiger partial charge in [-0.3, -0.25) is 4.79 Å². The monoisotopic (exact) mass is 420 g/mol. The van der Waals surface area contributed by atoms with E-state index in [9.17, 15) is 14.4 Å². The third-order valence-corrected chi connectivity index (χ3v) is 4.79. The van der Waals surface area contributed by atoms with Crippen LogP contribution in [0.5, 0.6) is 0 Å². The second-order valence-corrected chi connectivity index (χ2v) is 7.14. The Kier molecular flexibility index (Phi) is 7.76. The highest BCUT2D eigenvalue weighted by molar-refractivity contribution is 5.90. The largest absolute Gasteiger partial charge is 0.458 e. The average molecular weight is 420 g/mol. The van der Waals surface area contributed by atoms with Gasteiger partial charge in [0.1, 0.15) is 13.2 Å². The number of allylic oxidation sites excluding steroid dienone is 3. The Morgan fingerprint density at radius 1 is 0.774 bits per heavy atom. The first-order valence-electron chi connectivity index (χ1n) is 10.0. The van der Waals surface area contributed by atoms with Crippen molar-refractivity contribution in [1.82, 2.24) is 0 Å². The van der Waals surface area contributed by atoms with Crippen molar-refractivity contribution in [3.63, 3.8) is 0 Å². The van der Waals surface area contributed by atoms with Crippen LogP contribution in [0.3, 0.4) is 0 Å². The number of hydrogen-bond acceptors (Lipinski definition) is 6. The molecule has 1 aliphatic rings. The third kappa shape index (κ3) is 6.40. The van der Waals surface area contributed by atoms with Crippen molar-refractivity contribution in [3.8, 4) is 0 Å². The van der Waals surface area contributed by atoms with Crippen molar-refractivity contribution >= 4 is 17.9 Å². The number of carbonyl (C=O) groups excluding carboxylic acids is 3. The predicted molar refractivity (Wildman–Crippen MR) is 114 cm³/mol. The van der Waals surface area contributed by atoms with Gasteiger partial charge in [-0.1, -0.05) is 67.6 Å². The van der Waals surface area contributed by atoms with E-state index in [1.165, 1.54) is 0 Å². The molecule has 2 aromatic rings. The summed E-state index contributed by atoms with van der Waals surface area (Å²) in [4.78, 5) is 37.2. The minimum absolute atomic E-state index is 0.0307. The van der Waals surface area contributed by atoms with Crippen LogP contribution in [0.15, 0.2) is 85.0 Å². The van der Waals surface area contributed by atoms with E-state index in [1.54, 1.807) is 72.8 Å². The molecule has 6 nitrogen and oxygen atoms in total. The van der Waals surface area contributed by atoms with E-state index < -0.39 is 29.9 Å². The Balaban J connectivity index is 1.63. The average Bonchev–Trinajstić information content (AvgIpc) is 2.81. The number of carbonyl (C=O) groups is 3. The van der Waals surface area contributed by atoms with Gasteiger partial charge in [-0.05, 0) is 30.2 Å². The van der Waals surface area contributed by atoms with Crippen molar-refractivity contribution in [2.75, 3.05) is 13.2 Å². The molecule has 0 heterocycles. The number of benzene rings is 2. The van der Waals surface area contributed by atoms with E-state index in [0.717, 1.165) is 0 Å². The summed E-state index contributed by atoms with van der Waals surface area (Å²) < 4.78 is 16.2. The molecule has 0 aromatic heterocycles. The summed E-state index contributed by atoms with van der Waals surface area (Å²) in [5.74, 6) is -2.06. The first-order valence-corrected chi connectivity index (χ1v) is 10.0. The van der Waals surface area contributed by atoms with Gasteiger partial charge in [0.2, 0.25) is 0 Å². The van der Waals surface area contributed by atoms with Crippen LogP contribution in [0.1, 0.15) is 27.6 Å². The summed E-state index contributed by atoms with van der Waals surface area (Å²) in [6.07, 6.45) is 6.39. The molecule has 1 aliphatic carbocycles. The van der Waals surface area contributed by atoms with Crippen molar-refractivity contribution in [2.24, 2.45) is 11.8 Å². The van der Waals surface area contributed by atoms with Crippen LogP contribution < -0.4 is 0 Å². The topological polar surface area (TPSA) is 78.9 Å². The maximum Gasteiger partial charge on any atom is 0.338 e. The van der Waals surface area contributed by atoms with E-state index in [1.807, 2.05) is 19.1 Å². The fraction of sp³-hybridized carbons (Fsp3) is 0.240. The van der Waals surface area contributed by atoms with Crippen molar-refractivity contribution in [2.45, 2.75) is 13.0 Å². The maximum atomic E-state index is 12.7. The summed E-state index contributed by atoms with van der Waals surface area (Å²) in [5.41, 5.74) is 0.755. The predicted octanol–water partition coefficient (Wildman–Crippen LogP) is 3.99. The Morgan fingerprint density at radius 2 is 1.26 bits per heavy atom. The van der Waals surface area contributed by atoms with Gasteiger partial charge in [0.25, 0.3) is 0 Å².